The predicted molar refractivity (Wildman–Crippen MR) is 104 cm³/mol. The second-order valence-corrected chi connectivity index (χ2v) is 6.93. The van der Waals surface area contributed by atoms with E-state index in [2.05, 4.69) is 0 Å². The molecule has 2 heterocycles. The Hall–Kier alpha value is -3.15. The first-order valence-electron chi connectivity index (χ1n) is 9.38. The molecular formula is C22H21FN2O3. The largest absolute Gasteiger partial charge is 0.497 e. The highest BCUT2D eigenvalue weighted by Crippen LogP contribution is 2.36. The van der Waals surface area contributed by atoms with Gasteiger partial charge < -0.3 is 9.64 Å². The lowest BCUT2D eigenvalue weighted by atomic mass is 10.0. The number of amides is 2. The highest BCUT2D eigenvalue weighted by atomic mass is 19.1. The lowest BCUT2D eigenvalue weighted by Crippen LogP contribution is -2.37. The van der Waals surface area contributed by atoms with Gasteiger partial charge in [0.1, 0.15) is 17.3 Å². The van der Waals surface area contributed by atoms with Crippen LogP contribution in [0, 0.1) is 5.82 Å². The SMILES string of the molecule is COc1cccc(N2C(=O)C(c3ccc(F)cc3)=C(N3CCCCC3)C2=O)c1. The van der Waals surface area contributed by atoms with E-state index in [-0.39, 0.29) is 11.7 Å². The number of methoxy groups -OCH3 is 1. The molecule has 5 nitrogen and oxygen atoms in total. The standard InChI is InChI=1S/C22H21FN2O3/c1-28-18-7-5-6-17(14-18)25-21(26)19(15-8-10-16(23)11-9-15)20(22(25)27)24-12-3-2-4-13-24/h5-11,14H,2-4,12-13H2,1H3. The lowest BCUT2D eigenvalue weighted by molar-refractivity contribution is -0.120. The van der Waals surface area contributed by atoms with Gasteiger partial charge in [-0.25, -0.2) is 9.29 Å². The Kier molecular flexibility index (Phi) is 4.86. The van der Waals surface area contributed by atoms with Crippen molar-refractivity contribution in [2.24, 2.45) is 0 Å². The maximum absolute atomic E-state index is 13.4. The second-order valence-electron chi connectivity index (χ2n) is 6.93. The van der Waals surface area contributed by atoms with Crippen LogP contribution in [0.3, 0.4) is 0 Å². The molecule has 1 saturated heterocycles. The van der Waals surface area contributed by atoms with Gasteiger partial charge in [-0.1, -0.05) is 18.2 Å². The summed E-state index contributed by atoms with van der Waals surface area (Å²) in [6, 6.07) is 12.6. The van der Waals surface area contributed by atoms with Gasteiger partial charge in [-0.05, 0) is 49.1 Å². The molecule has 0 atom stereocenters. The number of carbonyl (C=O) groups excluding carboxylic acids is 2. The Labute approximate surface area is 163 Å². The summed E-state index contributed by atoms with van der Waals surface area (Å²) in [5, 5.41) is 0. The Morgan fingerprint density at radius 3 is 2.32 bits per heavy atom. The van der Waals surface area contributed by atoms with E-state index < -0.39 is 5.91 Å². The van der Waals surface area contributed by atoms with Gasteiger partial charge in [0, 0.05) is 19.2 Å². The highest BCUT2D eigenvalue weighted by Gasteiger charge is 2.42. The number of rotatable bonds is 4. The average molecular weight is 380 g/mol. The summed E-state index contributed by atoms with van der Waals surface area (Å²) in [4.78, 5) is 29.9. The summed E-state index contributed by atoms with van der Waals surface area (Å²) >= 11 is 0. The van der Waals surface area contributed by atoms with Crippen molar-refractivity contribution < 1.29 is 18.7 Å². The quantitative estimate of drug-likeness (QED) is 0.761. The molecule has 0 aromatic heterocycles. The van der Waals surface area contributed by atoms with E-state index in [1.54, 1.807) is 36.4 Å². The molecule has 1 fully saturated rings. The summed E-state index contributed by atoms with van der Waals surface area (Å²) < 4.78 is 18.7. The van der Waals surface area contributed by atoms with Gasteiger partial charge in [0.05, 0.1) is 18.4 Å². The van der Waals surface area contributed by atoms with E-state index in [1.807, 2.05) is 4.90 Å². The van der Waals surface area contributed by atoms with E-state index in [0.29, 0.717) is 28.3 Å². The number of benzene rings is 2. The van der Waals surface area contributed by atoms with Crippen LogP contribution in [0.25, 0.3) is 5.57 Å². The zero-order valence-corrected chi connectivity index (χ0v) is 15.7. The maximum Gasteiger partial charge on any atom is 0.282 e. The van der Waals surface area contributed by atoms with Crippen LogP contribution in [0.4, 0.5) is 10.1 Å². The molecule has 2 aromatic rings. The number of imide groups is 1. The molecule has 2 amide bonds. The zero-order valence-electron chi connectivity index (χ0n) is 15.7. The summed E-state index contributed by atoms with van der Waals surface area (Å²) in [6.07, 6.45) is 3.05. The van der Waals surface area contributed by atoms with Crippen LogP contribution >= 0.6 is 0 Å². The smallest absolute Gasteiger partial charge is 0.282 e. The number of nitrogens with zero attached hydrogens (tertiary/aromatic N) is 2. The van der Waals surface area contributed by atoms with Gasteiger partial charge in [0.2, 0.25) is 0 Å². The van der Waals surface area contributed by atoms with Crippen molar-refractivity contribution in [3.05, 3.63) is 65.6 Å². The van der Waals surface area contributed by atoms with Gasteiger partial charge in [0.15, 0.2) is 0 Å². The van der Waals surface area contributed by atoms with E-state index in [9.17, 15) is 14.0 Å². The van der Waals surface area contributed by atoms with Gasteiger partial charge >= 0.3 is 0 Å². The van der Waals surface area contributed by atoms with E-state index >= 15 is 0 Å². The molecule has 0 radical (unpaired) electrons. The molecule has 0 saturated carbocycles. The van der Waals surface area contributed by atoms with Crippen LogP contribution in [-0.2, 0) is 9.59 Å². The molecule has 144 valence electrons. The fraction of sp³-hybridized carbons (Fsp3) is 0.273. The Morgan fingerprint density at radius 2 is 1.64 bits per heavy atom. The summed E-state index contributed by atoms with van der Waals surface area (Å²) in [5.41, 5.74) is 1.74. The molecule has 0 spiro atoms. The fourth-order valence-electron chi connectivity index (χ4n) is 3.79. The van der Waals surface area contributed by atoms with Gasteiger partial charge in [-0.2, -0.15) is 0 Å². The van der Waals surface area contributed by atoms with E-state index in [4.69, 9.17) is 4.74 Å². The van der Waals surface area contributed by atoms with Crippen molar-refractivity contribution in [2.45, 2.75) is 19.3 Å². The molecule has 0 aliphatic carbocycles. The second kappa shape index (κ2) is 7.46. The van der Waals surface area contributed by atoms with Crippen LogP contribution < -0.4 is 9.64 Å². The number of halogens is 1. The number of piperidine rings is 1. The Morgan fingerprint density at radius 1 is 0.929 bits per heavy atom. The number of hydrogen-bond acceptors (Lipinski definition) is 4. The molecule has 4 rings (SSSR count). The summed E-state index contributed by atoms with van der Waals surface area (Å²) in [6.45, 7) is 1.45. The average Bonchev–Trinajstić information content (AvgIpc) is 2.99. The van der Waals surface area contributed by atoms with Gasteiger partial charge in [-0.15, -0.1) is 0 Å². The monoisotopic (exact) mass is 380 g/mol. The van der Waals surface area contributed by atoms with Crippen molar-refractivity contribution in [1.82, 2.24) is 4.90 Å². The van der Waals surface area contributed by atoms with Gasteiger partial charge in [-0.3, -0.25) is 9.59 Å². The minimum Gasteiger partial charge on any atom is -0.497 e. The third-order valence-corrected chi connectivity index (χ3v) is 5.18. The number of ether oxygens (including phenoxy) is 1. The Balaban J connectivity index is 1.81. The van der Waals surface area contributed by atoms with E-state index in [1.165, 1.54) is 24.1 Å². The first-order valence-corrected chi connectivity index (χ1v) is 9.38. The number of likely N-dealkylation sites (tertiary alicyclic amines) is 1. The third kappa shape index (κ3) is 3.15. The van der Waals surface area contributed by atoms with Crippen molar-refractivity contribution >= 4 is 23.1 Å². The minimum atomic E-state index is -0.398. The van der Waals surface area contributed by atoms with Crippen molar-refractivity contribution in [3.8, 4) is 5.75 Å². The van der Waals surface area contributed by atoms with Crippen LogP contribution in [0.1, 0.15) is 24.8 Å². The molecule has 0 unspecified atom stereocenters. The van der Waals surface area contributed by atoms with Crippen molar-refractivity contribution in [3.63, 3.8) is 0 Å². The first kappa shape index (κ1) is 18.2. The third-order valence-electron chi connectivity index (χ3n) is 5.18. The molecule has 6 heteroatoms. The topological polar surface area (TPSA) is 49.9 Å². The lowest BCUT2D eigenvalue weighted by Gasteiger charge is -2.29. The minimum absolute atomic E-state index is 0.328. The molecule has 2 aliphatic rings. The van der Waals surface area contributed by atoms with Crippen LogP contribution in [0.2, 0.25) is 0 Å². The molecule has 0 N–H and O–H groups in total. The van der Waals surface area contributed by atoms with Crippen LogP contribution in [0.5, 0.6) is 5.75 Å². The molecule has 28 heavy (non-hydrogen) atoms. The van der Waals surface area contributed by atoms with Crippen molar-refractivity contribution in [2.75, 3.05) is 25.1 Å². The van der Waals surface area contributed by atoms with Crippen molar-refractivity contribution in [1.29, 1.82) is 0 Å². The molecule has 2 aliphatic heterocycles. The predicted octanol–water partition coefficient (Wildman–Crippen LogP) is 3.60. The number of carbonyl (C=O) groups is 2. The van der Waals surface area contributed by atoms with Crippen LogP contribution in [-0.4, -0.2) is 36.9 Å². The first-order chi connectivity index (χ1) is 13.6. The fourth-order valence-corrected chi connectivity index (χ4v) is 3.79. The van der Waals surface area contributed by atoms with Crippen LogP contribution in [0.15, 0.2) is 54.2 Å². The normalized spacial score (nSPS) is 17.5. The maximum atomic E-state index is 13.4. The van der Waals surface area contributed by atoms with Gasteiger partial charge in [0.25, 0.3) is 11.8 Å². The summed E-state index contributed by atoms with van der Waals surface area (Å²) in [7, 11) is 1.54. The molecular weight excluding hydrogens is 359 g/mol. The zero-order chi connectivity index (χ0) is 19.7. The van der Waals surface area contributed by atoms with E-state index in [0.717, 1.165) is 32.4 Å². The summed E-state index contributed by atoms with van der Waals surface area (Å²) in [5.74, 6) is -0.567. The number of hydrogen-bond donors (Lipinski definition) is 0. The highest BCUT2D eigenvalue weighted by molar-refractivity contribution is 6.45. The molecule has 2 aromatic carbocycles. The number of anilines is 1. The Bertz CT molecular complexity index is 947. The molecule has 0 bridgehead atoms.